The molecule has 0 bridgehead atoms. The van der Waals surface area contributed by atoms with E-state index in [-0.39, 0.29) is 12.3 Å². The van der Waals surface area contributed by atoms with Gasteiger partial charge in [-0.3, -0.25) is 0 Å². The number of halogens is 3. The molecule has 6 heteroatoms. The molecule has 0 aliphatic heterocycles. The topological polar surface area (TPSA) is 44.5 Å². The molecule has 0 aliphatic carbocycles. The maximum atomic E-state index is 12.0. The van der Waals surface area contributed by atoms with Crippen molar-refractivity contribution in [3.8, 4) is 11.5 Å². The Morgan fingerprint density at radius 2 is 1.81 bits per heavy atom. The molecular weight excluding hydrogens is 223 g/mol. The van der Waals surface area contributed by atoms with E-state index in [1.807, 2.05) is 0 Å². The number of ether oxygens (including phenoxy) is 2. The number of benzene rings is 1. The van der Waals surface area contributed by atoms with Crippen LogP contribution in [0.25, 0.3) is 0 Å². The van der Waals surface area contributed by atoms with Gasteiger partial charge in [0.25, 0.3) is 0 Å². The molecule has 0 amide bonds. The third-order valence-electron chi connectivity index (χ3n) is 1.72. The lowest BCUT2D eigenvalue weighted by molar-refractivity contribution is -0.274. The monoisotopic (exact) mass is 235 g/mol. The van der Waals surface area contributed by atoms with Crippen LogP contribution in [0.3, 0.4) is 0 Å². The summed E-state index contributed by atoms with van der Waals surface area (Å²) >= 11 is 0. The summed E-state index contributed by atoms with van der Waals surface area (Å²) in [5, 5.41) is 0. The van der Waals surface area contributed by atoms with Crippen LogP contribution in [0.1, 0.15) is 12.5 Å². The first-order valence-corrected chi connectivity index (χ1v) is 4.67. The molecule has 1 aromatic carbocycles. The SMILES string of the molecule is CCOc1cc(CN)cc(OC(F)(F)F)c1. The molecule has 2 N–H and O–H groups in total. The minimum Gasteiger partial charge on any atom is -0.494 e. The molecule has 0 spiro atoms. The molecule has 16 heavy (non-hydrogen) atoms. The Morgan fingerprint density at radius 1 is 1.19 bits per heavy atom. The van der Waals surface area contributed by atoms with Crippen molar-refractivity contribution in [3.63, 3.8) is 0 Å². The number of rotatable bonds is 4. The third-order valence-corrected chi connectivity index (χ3v) is 1.72. The second kappa shape index (κ2) is 5.07. The van der Waals surface area contributed by atoms with Crippen LogP contribution < -0.4 is 15.2 Å². The fourth-order valence-corrected chi connectivity index (χ4v) is 1.19. The normalized spacial score (nSPS) is 11.3. The van der Waals surface area contributed by atoms with Crippen LogP contribution >= 0.6 is 0 Å². The molecule has 0 aliphatic rings. The predicted molar refractivity (Wildman–Crippen MR) is 52.2 cm³/mol. The smallest absolute Gasteiger partial charge is 0.494 e. The Kier molecular flexibility index (Phi) is 4.00. The van der Waals surface area contributed by atoms with E-state index in [1.165, 1.54) is 12.1 Å². The lowest BCUT2D eigenvalue weighted by atomic mass is 10.2. The van der Waals surface area contributed by atoms with E-state index in [2.05, 4.69) is 4.74 Å². The largest absolute Gasteiger partial charge is 0.573 e. The van der Waals surface area contributed by atoms with Crippen molar-refractivity contribution in [2.24, 2.45) is 5.73 Å². The zero-order valence-electron chi connectivity index (χ0n) is 8.67. The maximum Gasteiger partial charge on any atom is 0.573 e. The molecule has 0 unspecified atom stereocenters. The maximum absolute atomic E-state index is 12.0. The van der Waals surface area contributed by atoms with E-state index in [9.17, 15) is 13.2 Å². The highest BCUT2D eigenvalue weighted by atomic mass is 19.4. The first-order chi connectivity index (χ1) is 7.44. The summed E-state index contributed by atoms with van der Waals surface area (Å²) in [5.74, 6) is -0.0106. The van der Waals surface area contributed by atoms with Gasteiger partial charge in [-0.2, -0.15) is 0 Å². The van der Waals surface area contributed by atoms with Gasteiger partial charge < -0.3 is 15.2 Å². The molecule has 90 valence electrons. The van der Waals surface area contributed by atoms with Gasteiger partial charge in [-0.1, -0.05) is 0 Å². The minimum absolute atomic E-state index is 0.120. The average Bonchev–Trinajstić information content (AvgIpc) is 2.15. The second-order valence-corrected chi connectivity index (χ2v) is 3.00. The summed E-state index contributed by atoms with van der Waals surface area (Å²) < 4.78 is 44.9. The Hall–Kier alpha value is -1.43. The summed E-state index contributed by atoms with van der Waals surface area (Å²) in [5.41, 5.74) is 5.87. The van der Waals surface area contributed by atoms with Gasteiger partial charge in [0.05, 0.1) is 6.61 Å². The van der Waals surface area contributed by atoms with Crippen molar-refractivity contribution >= 4 is 0 Å². The van der Waals surface area contributed by atoms with Crippen molar-refractivity contribution < 1.29 is 22.6 Å². The van der Waals surface area contributed by atoms with E-state index in [1.54, 1.807) is 13.0 Å². The zero-order valence-corrected chi connectivity index (χ0v) is 8.67. The molecule has 1 rings (SSSR count). The highest BCUT2D eigenvalue weighted by Crippen LogP contribution is 2.28. The van der Waals surface area contributed by atoms with Gasteiger partial charge in [0.15, 0.2) is 0 Å². The second-order valence-electron chi connectivity index (χ2n) is 3.00. The molecular formula is C10H12F3NO2. The fraction of sp³-hybridized carbons (Fsp3) is 0.400. The Morgan fingerprint density at radius 3 is 2.31 bits per heavy atom. The van der Waals surface area contributed by atoms with Crippen molar-refractivity contribution in [1.82, 2.24) is 0 Å². The summed E-state index contributed by atoms with van der Waals surface area (Å²) in [6.07, 6.45) is -4.71. The lowest BCUT2D eigenvalue weighted by Gasteiger charge is -2.12. The van der Waals surface area contributed by atoms with Crippen molar-refractivity contribution in [2.45, 2.75) is 19.8 Å². The number of hydrogen-bond donors (Lipinski definition) is 1. The van der Waals surface area contributed by atoms with Crippen molar-refractivity contribution in [3.05, 3.63) is 23.8 Å². The van der Waals surface area contributed by atoms with Gasteiger partial charge in [-0.05, 0) is 24.6 Å². The minimum atomic E-state index is -4.71. The van der Waals surface area contributed by atoms with Crippen LogP contribution in [0, 0.1) is 0 Å². The molecule has 0 saturated heterocycles. The van der Waals surface area contributed by atoms with Gasteiger partial charge >= 0.3 is 6.36 Å². The van der Waals surface area contributed by atoms with E-state index < -0.39 is 6.36 Å². The van der Waals surface area contributed by atoms with Crippen LogP contribution in [0.15, 0.2) is 18.2 Å². The van der Waals surface area contributed by atoms with Crippen LogP contribution in [0.2, 0.25) is 0 Å². The summed E-state index contributed by atoms with van der Waals surface area (Å²) in [6, 6.07) is 3.99. The molecule has 3 nitrogen and oxygen atoms in total. The standard InChI is InChI=1S/C10H12F3NO2/c1-2-15-8-3-7(6-14)4-9(5-8)16-10(11,12)13/h3-5H,2,6,14H2,1H3. The van der Waals surface area contributed by atoms with Gasteiger partial charge in [0.1, 0.15) is 11.5 Å². The van der Waals surface area contributed by atoms with Crippen molar-refractivity contribution in [1.29, 1.82) is 0 Å². The predicted octanol–water partition coefficient (Wildman–Crippen LogP) is 2.44. The highest BCUT2D eigenvalue weighted by molar-refractivity contribution is 5.38. The van der Waals surface area contributed by atoms with E-state index >= 15 is 0 Å². The average molecular weight is 235 g/mol. The fourth-order valence-electron chi connectivity index (χ4n) is 1.19. The Balaban J connectivity index is 2.95. The summed E-state index contributed by atoms with van der Waals surface area (Å²) in [6.45, 7) is 2.22. The van der Waals surface area contributed by atoms with Crippen LogP contribution in [-0.2, 0) is 6.54 Å². The number of nitrogens with two attached hydrogens (primary N) is 1. The molecule has 0 fully saturated rings. The van der Waals surface area contributed by atoms with Gasteiger partial charge in [-0.15, -0.1) is 13.2 Å². The molecule has 0 radical (unpaired) electrons. The van der Waals surface area contributed by atoms with Crippen LogP contribution in [0.5, 0.6) is 11.5 Å². The van der Waals surface area contributed by atoms with Gasteiger partial charge in [0.2, 0.25) is 0 Å². The van der Waals surface area contributed by atoms with Crippen molar-refractivity contribution in [2.75, 3.05) is 6.61 Å². The Labute approximate surface area is 91.0 Å². The quantitative estimate of drug-likeness (QED) is 0.871. The number of hydrogen-bond acceptors (Lipinski definition) is 3. The van der Waals surface area contributed by atoms with Gasteiger partial charge in [-0.25, -0.2) is 0 Å². The lowest BCUT2D eigenvalue weighted by Crippen LogP contribution is -2.17. The summed E-state index contributed by atoms with van der Waals surface area (Å²) in [4.78, 5) is 0. The molecule has 1 aromatic rings. The third kappa shape index (κ3) is 3.98. The Bertz CT molecular complexity index is 352. The van der Waals surface area contributed by atoms with Crippen LogP contribution in [-0.4, -0.2) is 13.0 Å². The zero-order chi connectivity index (χ0) is 12.2. The molecule has 0 heterocycles. The molecule has 0 saturated carbocycles. The van der Waals surface area contributed by atoms with E-state index in [0.717, 1.165) is 0 Å². The first-order valence-electron chi connectivity index (χ1n) is 4.67. The van der Waals surface area contributed by atoms with Gasteiger partial charge in [0, 0.05) is 12.6 Å². The number of alkyl halides is 3. The molecule has 0 atom stereocenters. The van der Waals surface area contributed by atoms with E-state index in [4.69, 9.17) is 10.5 Å². The molecule has 0 aromatic heterocycles. The van der Waals surface area contributed by atoms with Crippen LogP contribution in [0.4, 0.5) is 13.2 Å². The highest BCUT2D eigenvalue weighted by Gasteiger charge is 2.31. The first kappa shape index (κ1) is 12.6. The van der Waals surface area contributed by atoms with E-state index in [0.29, 0.717) is 17.9 Å². The summed E-state index contributed by atoms with van der Waals surface area (Å²) in [7, 11) is 0.